The van der Waals surface area contributed by atoms with Crippen LogP contribution in [0.3, 0.4) is 0 Å². The van der Waals surface area contributed by atoms with Gasteiger partial charge in [0.2, 0.25) is 0 Å². The fourth-order valence-electron chi connectivity index (χ4n) is 8.16. The molecule has 0 amide bonds. The first-order valence-electron chi connectivity index (χ1n) is 18.3. The average molecular weight is 693 g/mol. The average Bonchev–Trinajstić information content (AvgIpc) is 3.82. The maximum Gasteiger partial charge on any atom is 0.160 e. The summed E-state index contributed by atoms with van der Waals surface area (Å²) in [5.74, 6) is 0. The second kappa shape index (κ2) is 12.1. The SMILES string of the molecule is c1ccc(N(c2ccccc2)c2cccc3oc4c(N(c5ccc6ccccc6c5)c5ccc6oc7ccccc7c6c5)cc5ccccc5c4c23)cc1. The Hall–Kier alpha value is -7.30. The predicted molar refractivity (Wildman–Crippen MR) is 225 cm³/mol. The monoisotopic (exact) mass is 692 g/mol. The predicted octanol–water partition coefficient (Wildman–Crippen LogP) is 14.7. The van der Waals surface area contributed by atoms with E-state index in [9.17, 15) is 0 Å². The van der Waals surface area contributed by atoms with E-state index in [0.29, 0.717) is 0 Å². The zero-order chi connectivity index (χ0) is 35.6. The Kier molecular flexibility index (Phi) is 6.82. The second-order valence-corrected chi connectivity index (χ2v) is 13.7. The van der Waals surface area contributed by atoms with Gasteiger partial charge in [-0.05, 0) is 100 Å². The molecular weight excluding hydrogens is 661 g/mol. The third-order valence-electron chi connectivity index (χ3n) is 10.6. The topological polar surface area (TPSA) is 32.8 Å². The fraction of sp³-hybridized carbons (Fsp3) is 0. The van der Waals surface area contributed by atoms with Crippen molar-refractivity contribution in [1.29, 1.82) is 0 Å². The maximum absolute atomic E-state index is 7.12. The van der Waals surface area contributed by atoms with Crippen molar-refractivity contribution in [3.63, 3.8) is 0 Å². The molecule has 11 aromatic rings. The highest BCUT2D eigenvalue weighted by Crippen LogP contribution is 2.50. The molecule has 0 unspecified atom stereocenters. The summed E-state index contributed by atoms with van der Waals surface area (Å²) in [7, 11) is 0. The third-order valence-corrected chi connectivity index (χ3v) is 10.6. The first kappa shape index (κ1) is 30.3. The highest BCUT2D eigenvalue weighted by Gasteiger charge is 2.26. The van der Waals surface area contributed by atoms with E-state index in [1.807, 2.05) is 12.1 Å². The van der Waals surface area contributed by atoms with Crippen molar-refractivity contribution in [1.82, 2.24) is 0 Å². The lowest BCUT2D eigenvalue weighted by Crippen LogP contribution is -2.11. The van der Waals surface area contributed by atoms with Crippen LogP contribution in [0.25, 0.3) is 65.4 Å². The molecule has 4 nitrogen and oxygen atoms in total. The van der Waals surface area contributed by atoms with Crippen LogP contribution >= 0.6 is 0 Å². The summed E-state index contributed by atoms with van der Waals surface area (Å²) in [6.07, 6.45) is 0. The number of benzene rings is 9. The van der Waals surface area contributed by atoms with E-state index < -0.39 is 0 Å². The normalized spacial score (nSPS) is 11.7. The Balaban J connectivity index is 1.24. The van der Waals surface area contributed by atoms with Gasteiger partial charge in [-0.2, -0.15) is 0 Å². The molecule has 2 aromatic heterocycles. The molecule has 0 aliphatic rings. The first-order chi connectivity index (χ1) is 26.8. The van der Waals surface area contributed by atoms with Gasteiger partial charge in [-0.15, -0.1) is 0 Å². The molecule has 0 aliphatic heterocycles. The lowest BCUT2D eigenvalue weighted by Gasteiger charge is -2.27. The number of fused-ring (bicyclic) bond motifs is 9. The number of rotatable bonds is 6. The van der Waals surface area contributed by atoms with Crippen LogP contribution in [0.15, 0.2) is 203 Å². The van der Waals surface area contributed by atoms with Crippen molar-refractivity contribution < 1.29 is 8.83 Å². The van der Waals surface area contributed by atoms with Gasteiger partial charge in [0, 0.05) is 38.9 Å². The Morgan fingerprint density at radius 1 is 0.296 bits per heavy atom. The molecule has 0 bridgehead atoms. The first-order valence-corrected chi connectivity index (χ1v) is 18.3. The van der Waals surface area contributed by atoms with Gasteiger partial charge < -0.3 is 18.6 Å². The minimum absolute atomic E-state index is 0.822. The molecule has 11 rings (SSSR count). The number of hydrogen-bond acceptors (Lipinski definition) is 4. The van der Waals surface area contributed by atoms with Gasteiger partial charge in [-0.3, -0.25) is 0 Å². The zero-order valence-corrected chi connectivity index (χ0v) is 29.2. The smallest absolute Gasteiger partial charge is 0.160 e. The van der Waals surface area contributed by atoms with E-state index in [2.05, 4.69) is 192 Å². The number of anilines is 6. The number of para-hydroxylation sites is 3. The Labute approximate surface area is 311 Å². The lowest BCUT2D eigenvalue weighted by atomic mass is 9.99. The quantitative estimate of drug-likeness (QED) is 0.174. The summed E-state index contributed by atoms with van der Waals surface area (Å²) in [5.41, 5.74) is 9.58. The molecule has 0 fully saturated rings. The molecule has 254 valence electrons. The van der Waals surface area contributed by atoms with Crippen molar-refractivity contribution in [2.75, 3.05) is 9.80 Å². The fourth-order valence-corrected chi connectivity index (χ4v) is 8.16. The molecule has 0 aliphatic carbocycles. The van der Waals surface area contributed by atoms with Gasteiger partial charge in [-0.25, -0.2) is 0 Å². The van der Waals surface area contributed by atoms with Gasteiger partial charge in [-0.1, -0.05) is 115 Å². The molecule has 0 saturated carbocycles. The van der Waals surface area contributed by atoms with E-state index in [-0.39, 0.29) is 0 Å². The minimum Gasteiger partial charge on any atom is -0.456 e. The van der Waals surface area contributed by atoms with E-state index in [1.54, 1.807) is 0 Å². The van der Waals surface area contributed by atoms with Crippen molar-refractivity contribution in [3.8, 4) is 0 Å². The summed E-state index contributed by atoms with van der Waals surface area (Å²) < 4.78 is 13.4. The maximum atomic E-state index is 7.12. The van der Waals surface area contributed by atoms with Gasteiger partial charge in [0.1, 0.15) is 16.7 Å². The molecule has 0 atom stereocenters. The van der Waals surface area contributed by atoms with Crippen LogP contribution in [0.1, 0.15) is 0 Å². The molecule has 2 heterocycles. The van der Waals surface area contributed by atoms with Crippen molar-refractivity contribution >= 4 is 99.5 Å². The van der Waals surface area contributed by atoms with E-state index >= 15 is 0 Å². The van der Waals surface area contributed by atoms with Crippen LogP contribution < -0.4 is 9.80 Å². The number of hydrogen-bond donors (Lipinski definition) is 0. The largest absolute Gasteiger partial charge is 0.456 e. The molecule has 0 radical (unpaired) electrons. The van der Waals surface area contributed by atoms with E-state index in [4.69, 9.17) is 8.83 Å². The molecule has 0 saturated heterocycles. The highest BCUT2D eigenvalue weighted by atomic mass is 16.3. The Morgan fingerprint density at radius 2 is 0.889 bits per heavy atom. The summed E-state index contributed by atoms with van der Waals surface area (Å²) in [4.78, 5) is 4.68. The van der Waals surface area contributed by atoms with Crippen LogP contribution in [0.5, 0.6) is 0 Å². The third kappa shape index (κ3) is 4.78. The molecule has 54 heavy (non-hydrogen) atoms. The van der Waals surface area contributed by atoms with Crippen LogP contribution in [0.2, 0.25) is 0 Å². The number of furan rings is 2. The van der Waals surface area contributed by atoms with Gasteiger partial charge in [0.25, 0.3) is 0 Å². The van der Waals surface area contributed by atoms with Crippen molar-refractivity contribution in [2.24, 2.45) is 0 Å². The minimum atomic E-state index is 0.822. The Morgan fingerprint density at radius 3 is 1.69 bits per heavy atom. The van der Waals surface area contributed by atoms with Crippen molar-refractivity contribution in [2.45, 2.75) is 0 Å². The molecule has 4 heteroatoms. The van der Waals surface area contributed by atoms with Gasteiger partial charge in [0.15, 0.2) is 5.58 Å². The van der Waals surface area contributed by atoms with Gasteiger partial charge in [0.05, 0.1) is 16.8 Å². The van der Waals surface area contributed by atoms with Crippen LogP contribution in [0, 0.1) is 0 Å². The molecule has 0 N–H and O–H groups in total. The molecule has 9 aromatic carbocycles. The molecule has 0 spiro atoms. The van der Waals surface area contributed by atoms with Crippen molar-refractivity contribution in [3.05, 3.63) is 194 Å². The summed E-state index contributed by atoms with van der Waals surface area (Å²) in [6.45, 7) is 0. The van der Waals surface area contributed by atoms with Crippen LogP contribution in [0.4, 0.5) is 34.1 Å². The zero-order valence-electron chi connectivity index (χ0n) is 29.2. The van der Waals surface area contributed by atoms with Crippen LogP contribution in [-0.2, 0) is 0 Å². The van der Waals surface area contributed by atoms with E-state index in [1.165, 1.54) is 10.8 Å². The summed E-state index contributed by atoms with van der Waals surface area (Å²) in [6, 6.07) is 68.4. The summed E-state index contributed by atoms with van der Waals surface area (Å²) >= 11 is 0. The van der Waals surface area contributed by atoms with E-state index in [0.717, 1.165) is 88.8 Å². The summed E-state index contributed by atoms with van der Waals surface area (Å²) in [5, 5.41) is 8.92. The number of nitrogens with zero attached hydrogens (tertiary/aromatic N) is 2. The second-order valence-electron chi connectivity index (χ2n) is 13.7. The standard InChI is InChI=1S/C50H32N2O2/c1-3-17-36(18-4-1)51(37-19-5-2-6-20-37)43-23-13-25-47-49(43)48-40-21-10-9-16-35(40)31-44(50(48)54-47)52(38-27-26-33-14-7-8-15-34(33)30-38)39-28-29-46-42(32-39)41-22-11-12-24-45(41)53-46/h1-32H. The van der Waals surface area contributed by atoms with Crippen LogP contribution in [-0.4, -0.2) is 0 Å². The van der Waals surface area contributed by atoms with Gasteiger partial charge >= 0.3 is 0 Å². The Bertz CT molecular complexity index is 3140. The lowest BCUT2D eigenvalue weighted by molar-refractivity contribution is 0.669. The highest BCUT2D eigenvalue weighted by molar-refractivity contribution is 6.26. The molecular formula is C50H32N2O2.